The number of cyclic esters (lactones) is 1. The van der Waals surface area contributed by atoms with E-state index in [9.17, 15) is 4.79 Å². The quantitative estimate of drug-likeness (QED) is 0.518. The molecule has 1 heterocycles. The number of fused-ring (bicyclic) bond motifs is 1. The van der Waals surface area contributed by atoms with Crippen LogP contribution in [0.3, 0.4) is 0 Å². The lowest BCUT2D eigenvalue weighted by atomic mass is 9.78. The summed E-state index contributed by atoms with van der Waals surface area (Å²) in [4.78, 5) is 11.0. The maximum absolute atomic E-state index is 11.0. The molecule has 0 unspecified atom stereocenters. The Morgan fingerprint density at radius 2 is 1.83 bits per heavy atom. The lowest BCUT2D eigenvalue weighted by molar-refractivity contribution is -0.143. The lowest BCUT2D eigenvalue weighted by Crippen LogP contribution is -2.21. The van der Waals surface area contributed by atoms with Gasteiger partial charge in [0.15, 0.2) is 0 Å². The summed E-state index contributed by atoms with van der Waals surface area (Å²) >= 11 is 0. The van der Waals surface area contributed by atoms with Gasteiger partial charge in [0.05, 0.1) is 6.61 Å². The van der Waals surface area contributed by atoms with Gasteiger partial charge < -0.3 is 4.74 Å². The van der Waals surface area contributed by atoms with Crippen molar-refractivity contribution < 1.29 is 9.53 Å². The topological polar surface area (TPSA) is 26.3 Å². The van der Waals surface area contributed by atoms with Crippen LogP contribution in [0.2, 0.25) is 0 Å². The van der Waals surface area contributed by atoms with Gasteiger partial charge in [-0.2, -0.15) is 0 Å². The molecule has 1 aliphatic heterocycles. The molecule has 0 amide bonds. The number of hydrogen-bond donors (Lipinski definition) is 0. The Morgan fingerprint density at radius 1 is 1.08 bits per heavy atom. The van der Waals surface area contributed by atoms with E-state index in [1.807, 2.05) is 0 Å². The van der Waals surface area contributed by atoms with Gasteiger partial charge in [-0.3, -0.25) is 4.79 Å². The first-order valence-electron chi connectivity index (χ1n) is 5.02. The molecular formula is C10H16O2. The highest BCUT2D eigenvalue weighted by molar-refractivity contribution is 5.69. The van der Waals surface area contributed by atoms with Crippen LogP contribution >= 0.6 is 0 Å². The van der Waals surface area contributed by atoms with Crippen molar-refractivity contribution in [3.63, 3.8) is 0 Å². The molecule has 0 aromatic carbocycles. The van der Waals surface area contributed by atoms with Crippen LogP contribution < -0.4 is 0 Å². The van der Waals surface area contributed by atoms with Gasteiger partial charge in [-0.25, -0.2) is 0 Å². The Labute approximate surface area is 73.3 Å². The summed E-state index contributed by atoms with van der Waals surface area (Å²) in [5, 5.41) is 0. The van der Waals surface area contributed by atoms with E-state index in [1.165, 1.54) is 25.7 Å². The zero-order valence-electron chi connectivity index (χ0n) is 7.42. The van der Waals surface area contributed by atoms with Gasteiger partial charge in [-0.1, -0.05) is 19.3 Å². The normalized spacial score (nSPS) is 36.5. The standard InChI is InChI=1S/C10H16O2/c11-10-6-5-8-3-1-2-4-9(8)7-12-10/h8-9H,1-7H2/t8-,9-/m1/s1. The monoisotopic (exact) mass is 168 g/mol. The number of rotatable bonds is 0. The second kappa shape index (κ2) is 3.46. The Balaban J connectivity index is 1.98. The van der Waals surface area contributed by atoms with E-state index in [4.69, 9.17) is 4.74 Å². The summed E-state index contributed by atoms with van der Waals surface area (Å²) in [6, 6.07) is 0. The summed E-state index contributed by atoms with van der Waals surface area (Å²) in [6.07, 6.45) is 7.01. The van der Waals surface area contributed by atoms with Gasteiger partial charge in [0.2, 0.25) is 0 Å². The summed E-state index contributed by atoms with van der Waals surface area (Å²) < 4.78 is 5.13. The highest BCUT2D eigenvalue weighted by Crippen LogP contribution is 2.35. The van der Waals surface area contributed by atoms with Crippen molar-refractivity contribution in [2.45, 2.75) is 38.5 Å². The fourth-order valence-corrected chi connectivity index (χ4v) is 2.46. The van der Waals surface area contributed by atoms with Gasteiger partial charge in [0.1, 0.15) is 0 Å². The van der Waals surface area contributed by atoms with Crippen LogP contribution in [-0.4, -0.2) is 12.6 Å². The predicted octanol–water partition coefficient (Wildman–Crippen LogP) is 2.13. The third-order valence-electron chi connectivity index (χ3n) is 3.24. The first-order chi connectivity index (χ1) is 5.86. The molecule has 2 heteroatoms. The average Bonchev–Trinajstić information content (AvgIpc) is 2.29. The summed E-state index contributed by atoms with van der Waals surface area (Å²) in [5.74, 6) is 1.49. The minimum Gasteiger partial charge on any atom is -0.465 e. The van der Waals surface area contributed by atoms with Gasteiger partial charge in [-0.15, -0.1) is 0 Å². The summed E-state index contributed by atoms with van der Waals surface area (Å²) in [5.41, 5.74) is 0. The van der Waals surface area contributed by atoms with Crippen molar-refractivity contribution in [3.8, 4) is 0 Å². The molecule has 2 fully saturated rings. The van der Waals surface area contributed by atoms with Crippen LogP contribution in [0.25, 0.3) is 0 Å². The van der Waals surface area contributed by atoms with Gasteiger partial charge in [-0.05, 0) is 24.7 Å². The van der Waals surface area contributed by atoms with Crippen molar-refractivity contribution >= 4 is 5.97 Å². The van der Waals surface area contributed by atoms with Crippen molar-refractivity contribution in [2.24, 2.45) is 11.8 Å². The number of ether oxygens (including phenoxy) is 1. The molecule has 12 heavy (non-hydrogen) atoms. The third-order valence-corrected chi connectivity index (χ3v) is 3.24. The fraction of sp³-hybridized carbons (Fsp3) is 0.900. The number of hydrogen-bond acceptors (Lipinski definition) is 2. The molecule has 0 bridgehead atoms. The molecule has 1 saturated carbocycles. The predicted molar refractivity (Wildman–Crippen MR) is 45.6 cm³/mol. The first-order valence-corrected chi connectivity index (χ1v) is 5.02. The number of carbonyl (C=O) groups excluding carboxylic acids is 1. The van der Waals surface area contributed by atoms with E-state index in [-0.39, 0.29) is 5.97 Å². The molecule has 1 aliphatic carbocycles. The fourth-order valence-electron chi connectivity index (χ4n) is 2.46. The molecule has 0 aromatic rings. The second-order valence-corrected chi connectivity index (χ2v) is 4.03. The van der Waals surface area contributed by atoms with Crippen molar-refractivity contribution in [3.05, 3.63) is 0 Å². The highest BCUT2D eigenvalue weighted by Gasteiger charge is 2.29. The van der Waals surface area contributed by atoms with Crippen molar-refractivity contribution in [1.29, 1.82) is 0 Å². The molecule has 1 saturated heterocycles. The van der Waals surface area contributed by atoms with Crippen LogP contribution in [0.5, 0.6) is 0 Å². The smallest absolute Gasteiger partial charge is 0.305 e. The molecule has 2 atom stereocenters. The summed E-state index contributed by atoms with van der Waals surface area (Å²) in [7, 11) is 0. The molecule has 0 aromatic heterocycles. The number of esters is 1. The van der Waals surface area contributed by atoms with Gasteiger partial charge in [0.25, 0.3) is 0 Å². The molecule has 0 radical (unpaired) electrons. The van der Waals surface area contributed by atoms with Crippen LogP contribution in [-0.2, 0) is 9.53 Å². The number of carbonyl (C=O) groups is 1. The molecule has 2 rings (SSSR count). The van der Waals surface area contributed by atoms with Gasteiger partial charge >= 0.3 is 5.97 Å². The maximum atomic E-state index is 11.0. The Morgan fingerprint density at radius 3 is 2.67 bits per heavy atom. The third kappa shape index (κ3) is 1.62. The van der Waals surface area contributed by atoms with E-state index in [2.05, 4.69) is 0 Å². The highest BCUT2D eigenvalue weighted by atomic mass is 16.5. The van der Waals surface area contributed by atoms with Crippen LogP contribution in [0.15, 0.2) is 0 Å². The molecule has 68 valence electrons. The molecule has 0 N–H and O–H groups in total. The van der Waals surface area contributed by atoms with E-state index in [1.54, 1.807) is 0 Å². The van der Waals surface area contributed by atoms with E-state index >= 15 is 0 Å². The molecule has 0 spiro atoms. The molecule has 2 aliphatic rings. The van der Waals surface area contributed by atoms with Crippen LogP contribution in [0.1, 0.15) is 38.5 Å². The minimum atomic E-state index is 0.0180. The van der Waals surface area contributed by atoms with Crippen molar-refractivity contribution in [1.82, 2.24) is 0 Å². The average molecular weight is 168 g/mol. The first kappa shape index (κ1) is 8.09. The van der Waals surface area contributed by atoms with E-state index in [0.29, 0.717) is 18.9 Å². The van der Waals surface area contributed by atoms with E-state index in [0.717, 1.165) is 12.3 Å². The van der Waals surface area contributed by atoms with Crippen molar-refractivity contribution in [2.75, 3.05) is 6.61 Å². The Hall–Kier alpha value is -0.530. The Kier molecular flexibility index (Phi) is 2.33. The largest absolute Gasteiger partial charge is 0.465 e. The van der Waals surface area contributed by atoms with Crippen LogP contribution in [0, 0.1) is 11.8 Å². The Bertz CT molecular complexity index is 159. The van der Waals surface area contributed by atoms with E-state index < -0.39 is 0 Å². The molecule has 2 nitrogen and oxygen atoms in total. The lowest BCUT2D eigenvalue weighted by Gasteiger charge is -2.28. The summed E-state index contributed by atoms with van der Waals surface area (Å²) in [6.45, 7) is 0.698. The maximum Gasteiger partial charge on any atom is 0.305 e. The zero-order valence-corrected chi connectivity index (χ0v) is 7.42. The molecular weight excluding hydrogens is 152 g/mol. The van der Waals surface area contributed by atoms with Crippen LogP contribution in [0.4, 0.5) is 0 Å². The minimum absolute atomic E-state index is 0.0180. The van der Waals surface area contributed by atoms with Gasteiger partial charge in [0, 0.05) is 6.42 Å². The SMILES string of the molecule is O=C1CC[C@H]2CCCC[C@@H]2CO1. The zero-order chi connectivity index (χ0) is 8.39. The second-order valence-electron chi connectivity index (χ2n) is 4.03.